The van der Waals surface area contributed by atoms with Crippen molar-refractivity contribution in [2.45, 2.75) is 38.5 Å². The van der Waals surface area contributed by atoms with E-state index in [2.05, 4.69) is 48.0 Å². The average molecular weight is 264 g/mol. The molecule has 0 amide bonds. The third-order valence-corrected chi connectivity index (χ3v) is 4.46. The number of hydrogen-bond donors (Lipinski definition) is 0. The molecule has 0 aromatic heterocycles. The minimum absolute atomic E-state index is 0.213. The van der Waals surface area contributed by atoms with Gasteiger partial charge in [0.1, 0.15) is 0 Å². The lowest BCUT2D eigenvalue weighted by atomic mass is 9.64. The molecule has 1 aliphatic rings. The largest absolute Gasteiger partial charge is 0.197 e. The van der Waals surface area contributed by atoms with Crippen LogP contribution in [0.25, 0.3) is 0 Å². The first-order valence-corrected chi connectivity index (χ1v) is 6.07. The molecule has 0 N–H and O–H groups in total. The highest BCUT2D eigenvalue weighted by molar-refractivity contribution is 9.10. The van der Waals surface area contributed by atoms with Gasteiger partial charge in [0.25, 0.3) is 0 Å². The minimum Gasteiger partial charge on any atom is -0.197 e. The maximum atomic E-state index is 9.36. The number of aryl methyl sites for hydroxylation is 2. The van der Waals surface area contributed by atoms with Crippen LogP contribution in [0.4, 0.5) is 0 Å². The first kappa shape index (κ1) is 10.7. The molecule has 0 heterocycles. The molecule has 0 aliphatic heterocycles. The lowest BCUT2D eigenvalue weighted by molar-refractivity contribution is 0.321. The molecular formula is C13H14BrN. The second-order valence-corrected chi connectivity index (χ2v) is 5.23. The molecule has 0 radical (unpaired) electrons. The van der Waals surface area contributed by atoms with E-state index in [0.717, 1.165) is 17.3 Å². The van der Waals surface area contributed by atoms with Crippen molar-refractivity contribution in [2.24, 2.45) is 0 Å². The van der Waals surface area contributed by atoms with Gasteiger partial charge in [0, 0.05) is 4.47 Å². The Morgan fingerprint density at radius 1 is 1.27 bits per heavy atom. The summed E-state index contributed by atoms with van der Waals surface area (Å²) in [4.78, 5) is 0. The van der Waals surface area contributed by atoms with Crippen molar-refractivity contribution < 1.29 is 0 Å². The van der Waals surface area contributed by atoms with E-state index >= 15 is 0 Å². The highest BCUT2D eigenvalue weighted by Gasteiger charge is 2.41. The van der Waals surface area contributed by atoms with Gasteiger partial charge in [0.05, 0.1) is 11.5 Å². The maximum absolute atomic E-state index is 9.36. The third kappa shape index (κ3) is 1.50. The molecule has 1 saturated carbocycles. The van der Waals surface area contributed by atoms with Gasteiger partial charge >= 0.3 is 0 Å². The zero-order valence-corrected chi connectivity index (χ0v) is 10.7. The van der Waals surface area contributed by atoms with Crippen molar-refractivity contribution in [1.29, 1.82) is 5.26 Å². The summed E-state index contributed by atoms with van der Waals surface area (Å²) < 4.78 is 1.13. The number of nitrogens with zero attached hydrogens (tertiary/aromatic N) is 1. The smallest absolute Gasteiger partial charge is 0.0835 e. The number of nitriles is 1. The summed E-state index contributed by atoms with van der Waals surface area (Å²) in [6, 6.07) is 6.73. The summed E-state index contributed by atoms with van der Waals surface area (Å²) in [6.45, 7) is 4.17. The van der Waals surface area contributed by atoms with E-state index in [0.29, 0.717) is 0 Å². The standard InChI is InChI=1S/C13H14BrN/c1-9-4-5-10(2)12(14)11(9)13(8-15)6-3-7-13/h4-5H,3,6-7H2,1-2H3. The first-order chi connectivity index (χ1) is 7.10. The molecule has 15 heavy (non-hydrogen) atoms. The quantitative estimate of drug-likeness (QED) is 0.751. The number of rotatable bonds is 1. The van der Waals surface area contributed by atoms with E-state index in [4.69, 9.17) is 0 Å². The van der Waals surface area contributed by atoms with Gasteiger partial charge in [-0.2, -0.15) is 5.26 Å². The van der Waals surface area contributed by atoms with Crippen molar-refractivity contribution in [3.63, 3.8) is 0 Å². The van der Waals surface area contributed by atoms with Crippen molar-refractivity contribution in [2.75, 3.05) is 0 Å². The summed E-state index contributed by atoms with van der Waals surface area (Å²) in [7, 11) is 0. The van der Waals surface area contributed by atoms with Gasteiger partial charge in [0.2, 0.25) is 0 Å². The Kier molecular flexibility index (Phi) is 2.60. The topological polar surface area (TPSA) is 23.8 Å². The molecule has 1 aromatic rings. The van der Waals surface area contributed by atoms with Crippen molar-refractivity contribution in [3.05, 3.63) is 33.3 Å². The molecular weight excluding hydrogens is 250 g/mol. The molecule has 1 aromatic carbocycles. The molecule has 0 atom stereocenters. The van der Waals surface area contributed by atoms with Crippen LogP contribution >= 0.6 is 15.9 Å². The molecule has 1 nitrogen and oxygen atoms in total. The van der Waals surface area contributed by atoms with Crippen LogP contribution in [0, 0.1) is 25.2 Å². The SMILES string of the molecule is Cc1ccc(C)c(C2(C#N)CCC2)c1Br. The Bertz CT molecular complexity index is 439. The molecule has 1 fully saturated rings. The van der Waals surface area contributed by atoms with Gasteiger partial charge in [-0.1, -0.05) is 28.1 Å². The third-order valence-electron chi connectivity index (χ3n) is 3.44. The maximum Gasteiger partial charge on any atom is 0.0835 e. The molecule has 2 rings (SSSR count). The van der Waals surface area contributed by atoms with E-state index in [1.807, 2.05) is 0 Å². The van der Waals surface area contributed by atoms with Crippen molar-refractivity contribution in [1.82, 2.24) is 0 Å². The molecule has 0 saturated heterocycles. The Hall–Kier alpha value is -0.810. The van der Waals surface area contributed by atoms with Crippen LogP contribution in [0.5, 0.6) is 0 Å². The van der Waals surface area contributed by atoms with Gasteiger partial charge in [-0.15, -0.1) is 0 Å². The molecule has 1 aliphatic carbocycles. The predicted molar refractivity (Wildman–Crippen MR) is 64.8 cm³/mol. The second-order valence-electron chi connectivity index (χ2n) is 4.44. The van der Waals surface area contributed by atoms with Gasteiger partial charge in [-0.05, 0) is 49.8 Å². The summed E-state index contributed by atoms with van der Waals surface area (Å²) in [6.07, 6.45) is 3.19. The lowest BCUT2D eigenvalue weighted by Crippen LogP contribution is -2.33. The minimum atomic E-state index is -0.213. The molecule has 2 heteroatoms. The monoisotopic (exact) mass is 263 g/mol. The van der Waals surface area contributed by atoms with E-state index in [1.54, 1.807) is 0 Å². The van der Waals surface area contributed by atoms with E-state index in [9.17, 15) is 5.26 Å². The molecule has 78 valence electrons. The molecule has 0 bridgehead atoms. The predicted octanol–water partition coefficient (Wildman–Crippen LogP) is 4.01. The highest BCUT2D eigenvalue weighted by Crippen LogP contribution is 2.47. The van der Waals surface area contributed by atoms with Crippen LogP contribution in [0.15, 0.2) is 16.6 Å². The number of halogens is 1. The fraction of sp³-hybridized carbons (Fsp3) is 0.462. The van der Waals surface area contributed by atoms with Crippen LogP contribution in [-0.2, 0) is 5.41 Å². The zero-order chi connectivity index (χ0) is 11.1. The van der Waals surface area contributed by atoms with Gasteiger partial charge in [-0.3, -0.25) is 0 Å². The van der Waals surface area contributed by atoms with Gasteiger partial charge < -0.3 is 0 Å². The fourth-order valence-corrected chi connectivity index (χ4v) is 3.14. The lowest BCUT2D eigenvalue weighted by Gasteiger charge is -2.37. The van der Waals surface area contributed by atoms with Crippen LogP contribution in [0.3, 0.4) is 0 Å². The van der Waals surface area contributed by atoms with Crippen LogP contribution in [0.2, 0.25) is 0 Å². The zero-order valence-electron chi connectivity index (χ0n) is 9.10. The molecule has 0 spiro atoms. The van der Waals surface area contributed by atoms with E-state index in [1.165, 1.54) is 23.1 Å². The average Bonchev–Trinajstić information content (AvgIpc) is 2.16. The Morgan fingerprint density at radius 2 is 1.87 bits per heavy atom. The van der Waals surface area contributed by atoms with E-state index in [-0.39, 0.29) is 5.41 Å². The Balaban J connectivity index is 2.62. The van der Waals surface area contributed by atoms with Gasteiger partial charge in [-0.25, -0.2) is 0 Å². The number of benzene rings is 1. The van der Waals surface area contributed by atoms with Crippen LogP contribution in [-0.4, -0.2) is 0 Å². The van der Waals surface area contributed by atoms with Crippen molar-refractivity contribution in [3.8, 4) is 6.07 Å². The number of hydrogen-bond acceptors (Lipinski definition) is 1. The van der Waals surface area contributed by atoms with Crippen LogP contribution in [0.1, 0.15) is 36.0 Å². The fourth-order valence-electron chi connectivity index (χ4n) is 2.31. The Labute approximate surface area is 99.2 Å². The Morgan fingerprint density at radius 3 is 2.33 bits per heavy atom. The van der Waals surface area contributed by atoms with E-state index < -0.39 is 0 Å². The normalized spacial score (nSPS) is 18.0. The summed E-state index contributed by atoms with van der Waals surface area (Å²) in [5.41, 5.74) is 3.46. The molecule has 0 unspecified atom stereocenters. The van der Waals surface area contributed by atoms with Gasteiger partial charge in [0.15, 0.2) is 0 Å². The highest BCUT2D eigenvalue weighted by atomic mass is 79.9. The van der Waals surface area contributed by atoms with Crippen LogP contribution < -0.4 is 0 Å². The summed E-state index contributed by atoms with van der Waals surface area (Å²) in [5, 5.41) is 9.36. The second kappa shape index (κ2) is 3.64. The summed E-state index contributed by atoms with van der Waals surface area (Å²) >= 11 is 3.63. The summed E-state index contributed by atoms with van der Waals surface area (Å²) in [5.74, 6) is 0. The van der Waals surface area contributed by atoms with Crippen molar-refractivity contribution >= 4 is 15.9 Å². The first-order valence-electron chi connectivity index (χ1n) is 5.28.